The normalized spacial score (nSPS) is 17.2. The largest absolute Gasteiger partial charge is 0.361 e. The summed E-state index contributed by atoms with van der Waals surface area (Å²) in [5, 5.41) is 4.25. The Bertz CT molecular complexity index is 832. The third-order valence-corrected chi connectivity index (χ3v) is 3.97. The first kappa shape index (κ1) is 11.3. The quantitative estimate of drug-likeness (QED) is 0.694. The minimum absolute atomic E-state index is 0.00704. The number of hydrogen-bond donors (Lipinski definition) is 2. The van der Waals surface area contributed by atoms with E-state index >= 15 is 0 Å². The molecule has 0 spiro atoms. The number of amides is 1. The molecule has 1 aliphatic heterocycles. The zero-order chi connectivity index (χ0) is 13.7. The summed E-state index contributed by atoms with van der Waals surface area (Å²) in [4.78, 5) is 15.3. The number of rotatable bonds is 1. The van der Waals surface area contributed by atoms with E-state index in [9.17, 15) is 4.79 Å². The van der Waals surface area contributed by atoms with Gasteiger partial charge in [-0.1, -0.05) is 29.8 Å². The second kappa shape index (κ2) is 3.97. The van der Waals surface area contributed by atoms with Gasteiger partial charge in [0.05, 0.1) is 6.04 Å². The molecule has 3 heteroatoms. The molecule has 20 heavy (non-hydrogen) atoms. The molecule has 0 bridgehead atoms. The topological polar surface area (TPSA) is 44.9 Å². The van der Waals surface area contributed by atoms with Crippen LogP contribution in [0.1, 0.15) is 33.1 Å². The Morgan fingerprint density at radius 3 is 2.80 bits per heavy atom. The summed E-state index contributed by atoms with van der Waals surface area (Å²) in [6.45, 7) is 2.08. The second-order valence-electron chi connectivity index (χ2n) is 5.29. The van der Waals surface area contributed by atoms with Crippen LogP contribution in [-0.4, -0.2) is 10.9 Å². The van der Waals surface area contributed by atoms with Crippen LogP contribution >= 0.6 is 0 Å². The zero-order valence-electron chi connectivity index (χ0n) is 11.1. The van der Waals surface area contributed by atoms with E-state index in [1.165, 1.54) is 10.9 Å². The number of fused-ring (bicyclic) bond motifs is 2. The van der Waals surface area contributed by atoms with Crippen molar-refractivity contribution in [1.29, 1.82) is 0 Å². The Hall–Kier alpha value is -2.55. The first-order valence-electron chi connectivity index (χ1n) is 6.71. The number of benzene rings is 2. The maximum absolute atomic E-state index is 12.1. The lowest BCUT2D eigenvalue weighted by molar-refractivity contribution is 0.0960. The predicted molar refractivity (Wildman–Crippen MR) is 78.8 cm³/mol. The number of aromatic amines is 1. The number of carbonyl (C=O) groups excluding carboxylic acids is 1. The van der Waals surface area contributed by atoms with Gasteiger partial charge in [0.25, 0.3) is 5.91 Å². The smallest absolute Gasteiger partial charge is 0.252 e. The first-order chi connectivity index (χ1) is 9.74. The van der Waals surface area contributed by atoms with Gasteiger partial charge in [-0.25, -0.2) is 0 Å². The highest BCUT2D eigenvalue weighted by Gasteiger charge is 2.30. The van der Waals surface area contributed by atoms with Gasteiger partial charge in [-0.05, 0) is 30.7 Å². The number of aryl methyl sites for hydroxylation is 1. The molecule has 0 saturated heterocycles. The van der Waals surface area contributed by atoms with Crippen LogP contribution in [0.25, 0.3) is 10.9 Å². The SMILES string of the molecule is Cc1ccc2[nH]cc([C@@H]3NC(=O)c4ccccc43)c2c1. The molecule has 3 nitrogen and oxygen atoms in total. The lowest BCUT2D eigenvalue weighted by atomic mass is 9.97. The van der Waals surface area contributed by atoms with Gasteiger partial charge >= 0.3 is 0 Å². The van der Waals surface area contributed by atoms with Crippen LogP contribution in [0.15, 0.2) is 48.7 Å². The van der Waals surface area contributed by atoms with Gasteiger partial charge in [0, 0.05) is 28.2 Å². The summed E-state index contributed by atoms with van der Waals surface area (Å²) in [5.41, 5.74) is 5.28. The fourth-order valence-electron chi connectivity index (χ4n) is 2.98. The van der Waals surface area contributed by atoms with Gasteiger partial charge in [-0.15, -0.1) is 0 Å². The van der Waals surface area contributed by atoms with Crippen molar-refractivity contribution in [2.45, 2.75) is 13.0 Å². The highest BCUT2D eigenvalue weighted by atomic mass is 16.2. The highest BCUT2D eigenvalue weighted by molar-refractivity contribution is 6.00. The van der Waals surface area contributed by atoms with Crippen LogP contribution in [0.2, 0.25) is 0 Å². The molecule has 1 aliphatic rings. The summed E-state index contributed by atoms with van der Waals surface area (Å²) in [6, 6.07) is 14.0. The molecule has 3 aromatic rings. The predicted octanol–water partition coefficient (Wildman–Crippen LogP) is 3.31. The standard InChI is InChI=1S/C17H14N2O/c1-10-6-7-15-13(8-10)14(9-18-15)16-11-4-2-3-5-12(11)17(20)19-16/h2-9,16,18H,1H3,(H,19,20)/t16-/m1/s1. The van der Waals surface area contributed by atoms with E-state index in [0.717, 1.165) is 22.2 Å². The maximum Gasteiger partial charge on any atom is 0.252 e. The van der Waals surface area contributed by atoms with Crippen molar-refractivity contribution in [3.8, 4) is 0 Å². The van der Waals surface area contributed by atoms with Gasteiger partial charge < -0.3 is 10.3 Å². The van der Waals surface area contributed by atoms with E-state index in [4.69, 9.17) is 0 Å². The third kappa shape index (κ3) is 1.50. The third-order valence-electron chi connectivity index (χ3n) is 3.97. The summed E-state index contributed by atoms with van der Waals surface area (Å²) in [6.07, 6.45) is 2.00. The van der Waals surface area contributed by atoms with Crippen LogP contribution in [-0.2, 0) is 0 Å². The second-order valence-corrected chi connectivity index (χ2v) is 5.29. The summed E-state index contributed by atoms with van der Waals surface area (Å²) in [5.74, 6) is 0.00704. The molecule has 2 heterocycles. The van der Waals surface area contributed by atoms with E-state index in [1.807, 2.05) is 30.5 Å². The Balaban J connectivity index is 1.93. The summed E-state index contributed by atoms with van der Waals surface area (Å²) >= 11 is 0. The lowest BCUT2D eigenvalue weighted by Crippen LogP contribution is -2.19. The average Bonchev–Trinajstić information content (AvgIpc) is 3.00. The highest BCUT2D eigenvalue weighted by Crippen LogP contribution is 2.34. The summed E-state index contributed by atoms with van der Waals surface area (Å²) < 4.78 is 0. The van der Waals surface area contributed by atoms with Crippen LogP contribution in [0.4, 0.5) is 0 Å². The molecule has 0 radical (unpaired) electrons. The molecule has 2 aromatic carbocycles. The van der Waals surface area contributed by atoms with E-state index in [1.54, 1.807) is 0 Å². The van der Waals surface area contributed by atoms with Crippen molar-refractivity contribution in [2.24, 2.45) is 0 Å². The molecule has 0 aliphatic carbocycles. The van der Waals surface area contributed by atoms with Crippen molar-refractivity contribution in [1.82, 2.24) is 10.3 Å². The van der Waals surface area contributed by atoms with Crippen molar-refractivity contribution in [2.75, 3.05) is 0 Å². The van der Waals surface area contributed by atoms with Gasteiger partial charge in [0.15, 0.2) is 0 Å². The number of carbonyl (C=O) groups is 1. The van der Waals surface area contributed by atoms with Crippen molar-refractivity contribution < 1.29 is 4.79 Å². The Kier molecular flexibility index (Phi) is 2.24. The minimum atomic E-state index is -0.0609. The number of H-pyrrole nitrogens is 1. The molecule has 2 N–H and O–H groups in total. The molecular weight excluding hydrogens is 248 g/mol. The van der Waals surface area contributed by atoms with Crippen molar-refractivity contribution >= 4 is 16.8 Å². The first-order valence-corrected chi connectivity index (χ1v) is 6.71. The van der Waals surface area contributed by atoms with Crippen LogP contribution in [0.5, 0.6) is 0 Å². The van der Waals surface area contributed by atoms with Crippen LogP contribution in [0.3, 0.4) is 0 Å². The van der Waals surface area contributed by atoms with Crippen LogP contribution < -0.4 is 5.32 Å². The molecule has 0 unspecified atom stereocenters. The fourth-order valence-corrected chi connectivity index (χ4v) is 2.98. The Morgan fingerprint density at radius 1 is 1.05 bits per heavy atom. The van der Waals surface area contributed by atoms with E-state index in [-0.39, 0.29) is 11.9 Å². The van der Waals surface area contributed by atoms with Gasteiger partial charge in [0.1, 0.15) is 0 Å². The molecule has 1 aromatic heterocycles. The van der Waals surface area contributed by atoms with Gasteiger partial charge in [-0.3, -0.25) is 4.79 Å². The molecule has 4 rings (SSSR count). The average molecular weight is 262 g/mol. The van der Waals surface area contributed by atoms with E-state index < -0.39 is 0 Å². The molecular formula is C17H14N2O. The van der Waals surface area contributed by atoms with E-state index in [2.05, 4.69) is 35.4 Å². The number of hydrogen-bond acceptors (Lipinski definition) is 1. The minimum Gasteiger partial charge on any atom is -0.361 e. The van der Waals surface area contributed by atoms with Gasteiger partial charge in [0.2, 0.25) is 0 Å². The monoisotopic (exact) mass is 262 g/mol. The fraction of sp³-hybridized carbons (Fsp3) is 0.118. The van der Waals surface area contributed by atoms with E-state index in [0.29, 0.717) is 0 Å². The molecule has 1 atom stereocenters. The van der Waals surface area contributed by atoms with Crippen molar-refractivity contribution in [3.05, 3.63) is 70.9 Å². The van der Waals surface area contributed by atoms with Crippen molar-refractivity contribution in [3.63, 3.8) is 0 Å². The summed E-state index contributed by atoms with van der Waals surface area (Å²) in [7, 11) is 0. The molecule has 1 amide bonds. The molecule has 0 saturated carbocycles. The van der Waals surface area contributed by atoms with Gasteiger partial charge in [-0.2, -0.15) is 0 Å². The maximum atomic E-state index is 12.1. The lowest BCUT2D eigenvalue weighted by Gasteiger charge is -2.11. The Labute approximate surface area is 116 Å². The molecule has 0 fully saturated rings. The Morgan fingerprint density at radius 2 is 1.90 bits per heavy atom. The zero-order valence-corrected chi connectivity index (χ0v) is 11.1. The van der Waals surface area contributed by atoms with Crippen LogP contribution in [0, 0.1) is 6.92 Å². The molecule has 98 valence electrons. The number of nitrogens with one attached hydrogen (secondary N) is 2. The number of aromatic nitrogens is 1.